The van der Waals surface area contributed by atoms with E-state index in [4.69, 9.17) is 5.73 Å². The molecule has 130 valence electrons. The minimum absolute atomic E-state index is 0. The van der Waals surface area contributed by atoms with Crippen LogP contribution in [0.25, 0.3) is 0 Å². The Morgan fingerprint density at radius 1 is 1.18 bits per heavy atom. The Hall–Kier alpha value is -0.810. The zero-order valence-electron chi connectivity index (χ0n) is 14.3. The fraction of sp³-hybridized carbons (Fsp3) is 0.875. The van der Waals surface area contributed by atoms with Crippen molar-refractivity contribution in [2.24, 2.45) is 23.5 Å². The number of nitrogens with two attached hydrogens (primary N) is 1. The molecule has 0 spiro atoms. The van der Waals surface area contributed by atoms with Gasteiger partial charge in [-0.15, -0.1) is 12.4 Å². The number of hydrogen-bond acceptors (Lipinski definition) is 3. The molecule has 0 bridgehead atoms. The van der Waals surface area contributed by atoms with Crippen molar-refractivity contribution in [1.29, 1.82) is 0 Å². The molecule has 0 aromatic carbocycles. The molecule has 6 heteroatoms. The normalized spacial score (nSPS) is 20.3. The van der Waals surface area contributed by atoms with Crippen LogP contribution < -0.4 is 11.1 Å². The van der Waals surface area contributed by atoms with Gasteiger partial charge in [0.1, 0.15) is 0 Å². The highest BCUT2D eigenvalue weighted by Gasteiger charge is 2.23. The molecule has 1 fully saturated rings. The summed E-state index contributed by atoms with van der Waals surface area (Å²) in [6.07, 6.45) is 3.29. The SMILES string of the molecule is CC(C)C1CCCN(C(=O)CNC(=O)[C@@H](N)C(C)C)CC1.Cl. The number of nitrogens with zero attached hydrogens (tertiary/aromatic N) is 1. The molecule has 1 saturated heterocycles. The van der Waals surface area contributed by atoms with Gasteiger partial charge in [0.05, 0.1) is 12.6 Å². The number of carbonyl (C=O) groups is 2. The molecule has 1 aliphatic heterocycles. The van der Waals surface area contributed by atoms with E-state index in [9.17, 15) is 9.59 Å². The van der Waals surface area contributed by atoms with Crippen LogP contribution in [0.3, 0.4) is 0 Å². The van der Waals surface area contributed by atoms with E-state index in [0.29, 0.717) is 11.8 Å². The number of nitrogens with one attached hydrogen (secondary N) is 1. The second kappa shape index (κ2) is 10.1. The van der Waals surface area contributed by atoms with Gasteiger partial charge in [0.15, 0.2) is 0 Å². The maximum atomic E-state index is 12.2. The van der Waals surface area contributed by atoms with Gasteiger partial charge in [0, 0.05) is 13.1 Å². The molecule has 5 nitrogen and oxygen atoms in total. The van der Waals surface area contributed by atoms with E-state index < -0.39 is 6.04 Å². The smallest absolute Gasteiger partial charge is 0.241 e. The van der Waals surface area contributed by atoms with E-state index >= 15 is 0 Å². The Labute approximate surface area is 140 Å². The average Bonchev–Trinajstić information content (AvgIpc) is 2.69. The van der Waals surface area contributed by atoms with Crippen molar-refractivity contribution in [2.45, 2.75) is 53.0 Å². The summed E-state index contributed by atoms with van der Waals surface area (Å²) in [7, 11) is 0. The molecule has 3 N–H and O–H groups in total. The largest absolute Gasteiger partial charge is 0.346 e. The molecule has 22 heavy (non-hydrogen) atoms. The maximum absolute atomic E-state index is 12.2. The lowest BCUT2D eigenvalue weighted by Crippen LogP contribution is -2.48. The molecule has 0 aliphatic carbocycles. The van der Waals surface area contributed by atoms with E-state index in [1.165, 1.54) is 6.42 Å². The molecule has 1 unspecified atom stereocenters. The van der Waals surface area contributed by atoms with Crippen LogP contribution in [0.1, 0.15) is 47.0 Å². The molecule has 0 saturated carbocycles. The number of carbonyl (C=O) groups excluding carboxylic acids is 2. The quantitative estimate of drug-likeness (QED) is 0.805. The van der Waals surface area contributed by atoms with Crippen LogP contribution in [-0.2, 0) is 9.59 Å². The zero-order chi connectivity index (χ0) is 16.0. The highest BCUT2D eigenvalue weighted by molar-refractivity contribution is 5.87. The molecule has 1 heterocycles. The minimum Gasteiger partial charge on any atom is -0.346 e. The van der Waals surface area contributed by atoms with E-state index in [0.717, 1.165) is 25.9 Å². The van der Waals surface area contributed by atoms with Crippen LogP contribution in [0.2, 0.25) is 0 Å². The first kappa shape index (κ1) is 21.2. The molecule has 1 rings (SSSR count). The monoisotopic (exact) mass is 333 g/mol. The first-order valence-electron chi connectivity index (χ1n) is 8.14. The summed E-state index contributed by atoms with van der Waals surface area (Å²) in [4.78, 5) is 25.8. The van der Waals surface area contributed by atoms with Crippen LogP contribution in [0.15, 0.2) is 0 Å². The molecule has 1 aliphatic rings. The Kier molecular flexibility index (Phi) is 9.69. The topological polar surface area (TPSA) is 75.4 Å². The van der Waals surface area contributed by atoms with Gasteiger partial charge in [-0.1, -0.05) is 27.7 Å². The van der Waals surface area contributed by atoms with Crippen molar-refractivity contribution in [3.8, 4) is 0 Å². The summed E-state index contributed by atoms with van der Waals surface area (Å²) < 4.78 is 0. The summed E-state index contributed by atoms with van der Waals surface area (Å²) in [6.45, 7) is 9.94. The predicted octanol–water partition coefficient (Wildman–Crippen LogP) is 1.79. The Bertz CT molecular complexity index is 361. The summed E-state index contributed by atoms with van der Waals surface area (Å²) in [6, 6.07) is -0.549. The van der Waals surface area contributed by atoms with Gasteiger partial charge in [-0.2, -0.15) is 0 Å². The highest BCUT2D eigenvalue weighted by Crippen LogP contribution is 2.24. The Morgan fingerprint density at radius 3 is 2.36 bits per heavy atom. The maximum Gasteiger partial charge on any atom is 0.241 e. The first-order chi connectivity index (χ1) is 9.82. The van der Waals surface area contributed by atoms with E-state index in [-0.39, 0.29) is 36.7 Å². The third-order valence-corrected chi connectivity index (χ3v) is 4.50. The number of rotatable bonds is 5. The Balaban J connectivity index is 0.00000441. The van der Waals surface area contributed by atoms with Crippen LogP contribution in [0.5, 0.6) is 0 Å². The molecular weight excluding hydrogens is 302 g/mol. The van der Waals surface area contributed by atoms with Crippen molar-refractivity contribution in [1.82, 2.24) is 10.2 Å². The molecule has 0 radical (unpaired) electrons. The lowest BCUT2D eigenvalue weighted by Gasteiger charge is -2.22. The lowest BCUT2D eigenvalue weighted by molar-refractivity contribution is -0.133. The van der Waals surface area contributed by atoms with Gasteiger partial charge in [-0.05, 0) is 37.0 Å². The zero-order valence-corrected chi connectivity index (χ0v) is 15.1. The van der Waals surface area contributed by atoms with E-state index in [1.807, 2.05) is 18.7 Å². The average molecular weight is 334 g/mol. The number of hydrogen-bond donors (Lipinski definition) is 2. The molecule has 2 atom stereocenters. The van der Waals surface area contributed by atoms with Crippen molar-refractivity contribution in [2.75, 3.05) is 19.6 Å². The standard InChI is InChI=1S/C16H31N3O2.ClH/c1-11(2)13-6-5-8-19(9-7-13)14(20)10-18-16(21)15(17)12(3)4;/h11-13,15H,5-10,17H2,1-4H3,(H,18,21);1H/t13?,15-;/m0./s1. The lowest BCUT2D eigenvalue weighted by atomic mass is 9.89. The Morgan fingerprint density at radius 2 is 1.82 bits per heavy atom. The van der Waals surface area contributed by atoms with Gasteiger partial charge in [0.2, 0.25) is 11.8 Å². The van der Waals surface area contributed by atoms with Crippen molar-refractivity contribution in [3.63, 3.8) is 0 Å². The third kappa shape index (κ3) is 6.53. The van der Waals surface area contributed by atoms with Gasteiger partial charge in [0.25, 0.3) is 0 Å². The molecule has 0 aromatic heterocycles. The van der Waals surface area contributed by atoms with Crippen molar-refractivity contribution >= 4 is 24.2 Å². The van der Waals surface area contributed by atoms with E-state index in [1.54, 1.807) is 0 Å². The minimum atomic E-state index is -0.549. The predicted molar refractivity (Wildman–Crippen MR) is 91.8 cm³/mol. The van der Waals surface area contributed by atoms with Crippen LogP contribution >= 0.6 is 12.4 Å². The molecule has 0 aromatic rings. The van der Waals surface area contributed by atoms with Crippen LogP contribution in [-0.4, -0.2) is 42.4 Å². The second-order valence-electron chi connectivity index (χ2n) is 6.80. The van der Waals surface area contributed by atoms with Gasteiger partial charge in [-0.3, -0.25) is 9.59 Å². The second-order valence-corrected chi connectivity index (χ2v) is 6.80. The number of amides is 2. The van der Waals surface area contributed by atoms with Crippen LogP contribution in [0, 0.1) is 17.8 Å². The van der Waals surface area contributed by atoms with Gasteiger partial charge < -0.3 is 16.0 Å². The summed E-state index contributed by atoms with van der Waals surface area (Å²) in [5.74, 6) is 1.21. The summed E-state index contributed by atoms with van der Waals surface area (Å²) in [5, 5.41) is 2.66. The first-order valence-corrected chi connectivity index (χ1v) is 8.14. The summed E-state index contributed by atoms with van der Waals surface area (Å²) >= 11 is 0. The van der Waals surface area contributed by atoms with E-state index in [2.05, 4.69) is 19.2 Å². The number of likely N-dealkylation sites (tertiary alicyclic amines) is 1. The highest BCUT2D eigenvalue weighted by atomic mass is 35.5. The fourth-order valence-electron chi connectivity index (χ4n) is 2.73. The summed E-state index contributed by atoms with van der Waals surface area (Å²) in [5.41, 5.74) is 5.76. The van der Waals surface area contributed by atoms with Crippen molar-refractivity contribution < 1.29 is 9.59 Å². The fourth-order valence-corrected chi connectivity index (χ4v) is 2.73. The van der Waals surface area contributed by atoms with Gasteiger partial charge in [-0.25, -0.2) is 0 Å². The third-order valence-electron chi connectivity index (χ3n) is 4.50. The van der Waals surface area contributed by atoms with Crippen LogP contribution in [0.4, 0.5) is 0 Å². The number of halogens is 1. The molecule has 2 amide bonds. The van der Waals surface area contributed by atoms with Gasteiger partial charge >= 0.3 is 0 Å². The van der Waals surface area contributed by atoms with Crippen molar-refractivity contribution in [3.05, 3.63) is 0 Å². The molecular formula is C16H32ClN3O2.